The molecule has 0 radical (unpaired) electrons. The zero-order valence-corrected chi connectivity index (χ0v) is 22.4. The van der Waals surface area contributed by atoms with E-state index in [1.807, 2.05) is 0 Å². The van der Waals surface area contributed by atoms with Gasteiger partial charge < -0.3 is 9.47 Å². The molecule has 10 rings (SSSR count). The molecule has 35 heavy (non-hydrogen) atoms. The molecule has 2 nitrogen and oxygen atoms in total. The molecule has 0 N–H and O–H groups in total. The number of epoxide rings is 1. The summed E-state index contributed by atoms with van der Waals surface area (Å²) in [5.74, 6) is 7.62. The number of rotatable bonds is 6. The second kappa shape index (κ2) is 7.30. The first-order valence-corrected chi connectivity index (χ1v) is 15.3. The molecule has 1 unspecified atom stereocenters. The third kappa shape index (κ3) is 3.30. The van der Waals surface area contributed by atoms with E-state index in [-0.39, 0.29) is 5.60 Å². The van der Waals surface area contributed by atoms with Crippen LogP contribution in [0.5, 0.6) is 5.75 Å². The normalized spacial score (nSPS) is 48.7. The Kier molecular flexibility index (Phi) is 4.59. The number of benzene rings is 1. The zero-order valence-electron chi connectivity index (χ0n) is 22.4. The quantitative estimate of drug-likeness (QED) is 0.393. The topological polar surface area (TPSA) is 21.8 Å². The summed E-state index contributed by atoms with van der Waals surface area (Å²) in [6.07, 6.45) is 17.6. The fraction of sp³-hybridized carbons (Fsp3) is 0.818. The molecule has 1 aromatic carbocycles. The first kappa shape index (κ1) is 22.0. The van der Waals surface area contributed by atoms with Gasteiger partial charge in [-0.25, -0.2) is 0 Å². The van der Waals surface area contributed by atoms with Gasteiger partial charge in [0.1, 0.15) is 18.0 Å². The second-order valence-electron chi connectivity index (χ2n) is 15.4. The standard InChI is InChI=1S/C33H46O2/c1-20(2)33(19-35-33)18-34-29-11-28(31-12-22-5-23(13-31)7-24(6-22)14-31)4-21(3)30(29)32-15-25-8-26(16-32)10-27(9-25)17-32/h4,11,20,22-27H,5-10,12-19H2,1-3H3. The lowest BCUT2D eigenvalue weighted by molar-refractivity contribution is -0.00857. The molecular formula is C33H46O2. The molecule has 8 aliphatic carbocycles. The van der Waals surface area contributed by atoms with Gasteiger partial charge in [-0.15, -0.1) is 0 Å². The van der Waals surface area contributed by atoms with Crippen LogP contribution >= 0.6 is 0 Å². The van der Waals surface area contributed by atoms with Gasteiger partial charge in [0.2, 0.25) is 0 Å². The van der Waals surface area contributed by atoms with Gasteiger partial charge in [-0.3, -0.25) is 0 Å². The predicted octanol–water partition coefficient (Wildman–Crippen LogP) is 7.73. The van der Waals surface area contributed by atoms with E-state index in [4.69, 9.17) is 9.47 Å². The molecule has 8 bridgehead atoms. The lowest BCUT2D eigenvalue weighted by Crippen LogP contribution is -2.50. The van der Waals surface area contributed by atoms with Crippen molar-refractivity contribution in [2.75, 3.05) is 13.2 Å². The number of hydrogen-bond acceptors (Lipinski definition) is 2. The van der Waals surface area contributed by atoms with Crippen molar-refractivity contribution in [3.63, 3.8) is 0 Å². The van der Waals surface area contributed by atoms with Crippen molar-refractivity contribution in [3.8, 4) is 5.75 Å². The minimum atomic E-state index is -0.0522. The summed E-state index contributed by atoms with van der Waals surface area (Å²) in [4.78, 5) is 0. The fourth-order valence-electron chi connectivity index (χ4n) is 11.6. The van der Waals surface area contributed by atoms with Crippen molar-refractivity contribution in [3.05, 3.63) is 28.8 Å². The van der Waals surface area contributed by atoms with E-state index in [1.54, 1.807) is 16.7 Å². The van der Waals surface area contributed by atoms with Gasteiger partial charge in [-0.1, -0.05) is 19.9 Å². The average molecular weight is 475 g/mol. The Balaban J connectivity index is 1.21. The Morgan fingerprint density at radius 1 is 0.771 bits per heavy atom. The largest absolute Gasteiger partial charge is 0.490 e. The van der Waals surface area contributed by atoms with E-state index in [0.717, 1.165) is 48.7 Å². The van der Waals surface area contributed by atoms with Gasteiger partial charge in [-0.2, -0.15) is 0 Å². The maximum Gasteiger partial charge on any atom is 0.128 e. The summed E-state index contributed by atoms with van der Waals surface area (Å²) in [6.45, 7) is 8.65. The first-order valence-electron chi connectivity index (χ1n) is 15.3. The Hall–Kier alpha value is -1.02. The Morgan fingerprint density at radius 3 is 1.66 bits per heavy atom. The number of ether oxygens (including phenoxy) is 2. The Bertz CT molecular complexity index is 959. The van der Waals surface area contributed by atoms with E-state index >= 15 is 0 Å². The molecule has 0 amide bonds. The molecule has 1 atom stereocenters. The van der Waals surface area contributed by atoms with Crippen LogP contribution in [0.15, 0.2) is 12.1 Å². The minimum Gasteiger partial charge on any atom is -0.490 e. The molecular weight excluding hydrogens is 428 g/mol. The maximum atomic E-state index is 6.97. The monoisotopic (exact) mass is 474 g/mol. The first-order chi connectivity index (χ1) is 16.8. The lowest BCUT2D eigenvalue weighted by atomic mass is 9.46. The summed E-state index contributed by atoms with van der Waals surface area (Å²) < 4.78 is 13.0. The number of hydrogen-bond donors (Lipinski definition) is 0. The van der Waals surface area contributed by atoms with Crippen molar-refractivity contribution in [2.45, 2.75) is 114 Å². The van der Waals surface area contributed by atoms with E-state index in [1.165, 1.54) is 82.8 Å². The predicted molar refractivity (Wildman–Crippen MR) is 140 cm³/mol. The SMILES string of the molecule is Cc1cc(C23CC4CC(CC(C4)C2)C3)cc(OCC2(C(C)C)CO2)c1C12CC3CC(CC(C3)C1)C2. The van der Waals surface area contributed by atoms with Gasteiger partial charge in [0, 0.05) is 11.0 Å². The third-order valence-electron chi connectivity index (χ3n) is 12.6. The average Bonchev–Trinajstić information content (AvgIpc) is 3.57. The molecule has 1 saturated heterocycles. The van der Waals surface area contributed by atoms with E-state index in [9.17, 15) is 0 Å². The highest BCUT2D eigenvalue weighted by atomic mass is 16.6. The minimum absolute atomic E-state index is 0.0522. The molecule has 1 aliphatic heterocycles. The third-order valence-corrected chi connectivity index (χ3v) is 12.6. The highest BCUT2D eigenvalue weighted by Gasteiger charge is 2.55. The molecule has 1 heterocycles. The molecule has 0 aromatic heterocycles. The fourth-order valence-corrected chi connectivity index (χ4v) is 11.6. The van der Waals surface area contributed by atoms with Gasteiger partial charge in [0.25, 0.3) is 0 Å². The van der Waals surface area contributed by atoms with Crippen LogP contribution in [0.3, 0.4) is 0 Å². The van der Waals surface area contributed by atoms with Gasteiger partial charge in [0.15, 0.2) is 0 Å². The van der Waals surface area contributed by atoms with E-state index in [0.29, 0.717) is 16.7 Å². The Labute approximate surface area is 212 Å². The van der Waals surface area contributed by atoms with E-state index in [2.05, 4.69) is 32.9 Å². The molecule has 9 fully saturated rings. The van der Waals surface area contributed by atoms with Crippen LogP contribution in [-0.4, -0.2) is 18.8 Å². The zero-order chi connectivity index (χ0) is 23.6. The van der Waals surface area contributed by atoms with Gasteiger partial charge in [-0.05, 0) is 148 Å². The summed E-state index contributed by atoms with van der Waals surface area (Å²) in [5.41, 5.74) is 5.60. The molecule has 190 valence electrons. The van der Waals surface area contributed by atoms with Crippen LogP contribution < -0.4 is 4.74 Å². The summed E-state index contributed by atoms with van der Waals surface area (Å²) >= 11 is 0. The van der Waals surface area contributed by atoms with Crippen LogP contribution in [0.2, 0.25) is 0 Å². The maximum absolute atomic E-state index is 6.97. The molecule has 0 spiro atoms. The van der Waals surface area contributed by atoms with E-state index < -0.39 is 0 Å². The lowest BCUT2D eigenvalue weighted by Gasteiger charge is -2.58. The molecule has 2 heteroatoms. The van der Waals surface area contributed by atoms with Crippen LogP contribution in [0.4, 0.5) is 0 Å². The van der Waals surface area contributed by atoms with Crippen LogP contribution in [0.1, 0.15) is 108 Å². The van der Waals surface area contributed by atoms with Gasteiger partial charge >= 0.3 is 0 Å². The van der Waals surface area contributed by atoms with Crippen molar-refractivity contribution in [1.82, 2.24) is 0 Å². The van der Waals surface area contributed by atoms with Crippen LogP contribution in [0.25, 0.3) is 0 Å². The summed E-state index contributed by atoms with van der Waals surface area (Å²) in [7, 11) is 0. The Morgan fingerprint density at radius 2 is 1.23 bits per heavy atom. The highest BCUT2D eigenvalue weighted by molar-refractivity contribution is 5.51. The molecule has 8 saturated carbocycles. The van der Waals surface area contributed by atoms with Crippen molar-refractivity contribution < 1.29 is 9.47 Å². The summed E-state index contributed by atoms with van der Waals surface area (Å²) in [5, 5.41) is 0. The van der Waals surface area contributed by atoms with Gasteiger partial charge in [0.05, 0.1) is 6.61 Å². The second-order valence-corrected chi connectivity index (χ2v) is 15.4. The number of aryl methyl sites for hydroxylation is 1. The highest BCUT2D eigenvalue weighted by Crippen LogP contribution is 2.64. The van der Waals surface area contributed by atoms with Crippen molar-refractivity contribution in [2.24, 2.45) is 41.4 Å². The van der Waals surface area contributed by atoms with Crippen molar-refractivity contribution in [1.29, 1.82) is 0 Å². The van der Waals surface area contributed by atoms with Crippen molar-refractivity contribution >= 4 is 0 Å². The van der Waals surface area contributed by atoms with Crippen LogP contribution in [-0.2, 0) is 15.6 Å². The molecule has 9 aliphatic rings. The summed E-state index contributed by atoms with van der Waals surface area (Å²) in [6, 6.07) is 5.28. The van der Waals surface area contributed by atoms with Crippen LogP contribution in [0, 0.1) is 48.3 Å². The smallest absolute Gasteiger partial charge is 0.128 e. The molecule has 1 aromatic rings.